The maximum atomic E-state index is 11.7. The van der Waals surface area contributed by atoms with E-state index in [2.05, 4.69) is 0 Å². The van der Waals surface area contributed by atoms with Crippen molar-refractivity contribution in [1.29, 1.82) is 0 Å². The SMILES string of the molecule is COCC(C)Oc1cc(C(=O)OC)ccc1OCc1ccccc1. The second-order valence-corrected chi connectivity index (χ2v) is 5.31. The normalized spacial score (nSPS) is 11.6. The van der Waals surface area contributed by atoms with Gasteiger partial charge in [-0.25, -0.2) is 4.79 Å². The van der Waals surface area contributed by atoms with E-state index in [4.69, 9.17) is 18.9 Å². The van der Waals surface area contributed by atoms with Crippen molar-refractivity contribution in [3.8, 4) is 11.5 Å². The molecule has 0 aromatic heterocycles. The molecule has 0 aliphatic carbocycles. The van der Waals surface area contributed by atoms with Gasteiger partial charge in [0.05, 0.1) is 19.3 Å². The van der Waals surface area contributed by atoms with Crippen LogP contribution in [-0.4, -0.2) is 32.9 Å². The molecule has 5 heteroatoms. The first kappa shape index (κ1) is 17.8. The molecular formula is C19H22O5. The molecule has 0 saturated heterocycles. The number of carbonyl (C=O) groups is 1. The van der Waals surface area contributed by atoms with Crippen molar-refractivity contribution in [3.63, 3.8) is 0 Å². The number of hydrogen-bond donors (Lipinski definition) is 0. The second kappa shape index (κ2) is 8.93. The van der Waals surface area contributed by atoms with E-state index in [0.29, 0.717) is 30.3 Å². The number of carbonyl (C=O) groups excluding carboxylic acids is 1. The first-order valence-corrected chi connectivity index (χ1v) is 7.68. The molecule has 128 valence electrons. The van der Waals surface area contributed by atoms with Crippen molar-refractivity contribution in [3.05, 3.63) is 59.7 Å². The fourth-order valence-electron chi connectivity index (χ4n) is 2.19. The van der Waals surface area contributed by atoms with E-state index in [1.165, 1.54) is 7.11 Å². The lowest BCUT2D eigenvalue weighted by Gasteiger charge is -2.18. The number of methoxy groups -OCH3 is 2. The maximum Gasteiger partial charge on any atom is 0.337 e. The predicted molar refractivity (Wildman–Crippen MR) is 90.5 cm³/mol. The Hall–Kier alpha value is -2.53. The van der Waals surface area contributed by atoms with Crippen LogP contribution in [0.1, 0.15) is 22.8 Å². The molecule has 0 heterocycles. The molecule has 2 aromatic carbocycles. The third-order valence-corrected chi connectivity index (χ3v) is 3.33. The molecule has 0 bridgehead atoms. The van der Waals surface area contributed by atoms with E-state index in [1.807, 2.05) is 37.3 Å². The minimum atomic E-state index is -0.422. The smallest absolute Gasteiger partial charge is 0.337 e. The van der Waals surface area contributed by atoms with Gasteiger partial charge >= 0.3 is 5.97 Å². The molecule has 0 spiro atoms. The molecule has 0 fully saturated rings. The van der Waals surface area contributed by atoms with Gasteiger partial charge in [0.2, 0.25) is 0 Å². The Morgan fingerprint density at radius 3 is 2.46 bits per heavy atom. The van der Waals surface area contributed by atoms with Crippen LogP contribution >= 0.6 is 0 Å². The number of rotatable bonds is 8. The zero-order chi connectivity index (χ0) is 17.4. The molecule has 0 aliphatic rings. The highest BCUT2D eigenvalue weighted by Crippen LogP contribution is 2.30. The topological polar surface area (TPSA) is 54.0 Å². The molecular weight excluding hydrogens is 308 g/mol. The first-order chi connectivity index (χ1) is 11.6. The predicted octanol–water partition coefficient (Wildman–Crippen LogP) is 3.47. The zero-order valence-corrected chi connectivity index (χ0v) is 14.2. The Balaban J connectivity index is 2.19. The van der Waals surface area contributed by atoms with Crippen molar-refractivity contribution in [2.24, 2.45) is 0 Å². The summed E-state index contributed by atoms with van der Waals surface area (Å²) in [4.78, 5) is 11.7. The summed E-state index contributed by atoms with van der Waals surface area (Å²) in [6.07, 6.45) is -0.179. The van der Waals surface area contributed by atoms with E-state index in [1.54, 1.807) is 25.3 Å². The van der Waals surface area contributed by atoms with Gasteiger partial charge in [-0.2, -0.15) is 0 Å². The van der Waals surface area contributed by atoms with Crippen LogP contribution in [-0.2, 0) is 16.1 Å². The Labute approximate surface area is 142 Å². The van der Waals surface area contributed by atoms with E-state index in [-0.39, 0.29) is 6.10 Å². The summed E-state index contributed by atoms with van der Waals surface area (Å²) in [7, 11) is 2.95. The van der Waals surface area contributed by atoms with E-state index >= 15 is 0 Å². The molecule has 0 N–H and O–H groups in total. The third-order valence-electron chi connectivity index (χ3n) is 3.33. The Kier molecular flexibility index (Phi) is 6.63. The molecule has 1 unspecified atom stereocenters. The van der Waals surface area contributed by atoms with Crippen molar-refractivity contribution >= 4 is 5.97 Å². The van der Waals surface area contributed by atoms with Crippen LogP contribution in [0.3, 0.4) is 0 Å². The van der Waals surface area contributed by atoms with E-state index < -0.39 is 5.97 Å². The summed E-state index contributed by atoms with van der Waals surface area (Å²) in [5, 5.41) is 0. The van der Waals surface area contributed by atoms with Gasteiger partial charge in [0, 0.05) is 7.11 Å². The lowest BCUT2D eigenvalue weighted by atomic mass is 10.2. The maximum absolute atomic E-state index is 11.7. The molecule has 2 aromatic rings. The average molecular weight is 330 g/mol. The summed E-state index contributed by atoms with van der Waals surface area (Å²) >= 11 is 0. The van der Waals surface area contributed by atoms with Crippen LogP contribution in [0.4, 0.5) is 0 Å². The van der Waals surface area contributed by atoms with Crippen LogP contribution in [0.25, 0.3) is 0 Å². The molecule has 1 atom stereocenters. The van der Waals surface area contributed by atoms with Crippen molar-refractivity contribution in [2.75, 3.05) is 20.8 Å². The third kappa shape index (κ3) is 4.99. The van der Waals surface area contributed by atoms with E-state index in [0.717, 1.165) is 5.56 Å². The van der Waals surface area contributed by atoms with Crippen molar-refractivity contribution < 1.29 is 23.7 Å². The molecule has 0 aliphatic heterocycles. The molecule has 0 saturated carbocycles. The molecule has 0 radical (unpaired) electrons. The fraction of sp³-hybridized carbons (Fsp3) is 0.316. The van der Waals surface area contributed by atoms with Crippen molar-refractivity contribution in [1.82, 2.24) is 0 Å². The minimum Gasteiger partial charge on any atom is -0.485 e. The van der Waals surface area contributed by atoms with Gasteiger partial charge < -0.3 is 18.9 Å². The van der Waals surface area contributed by atoms with Crippen LogP contribution in [0.5, 0.6) is 11.5 Å². The summed E-state index contributed by atoms with van der Waals surface area (Å²) in [5.41, 5.74) is 1.45. The average Bonchev–Trinajstić information content (AvgIpc) is 2.61. The lowest BCUT2D eigenvalue weighted by molar-refractivity contribution is 0.0598. The standard InChI is InChI=1S/C19H22O5/c1-14(12-21-2)24-18-11-16(19(20)22-3)9-10-17(18)23-13-15-7-5-4-6-8-15/h4-11,14H,12-13H2,1-3H3. The highest BCUT2D eigenvalue weighted by Gasteiger charge is 2.14. The largest absolute Gasteiger partial charge is 0.485 e. The lowest BCUT2D eigenvalue weighted by Crippen LogP contribution is -2.18. The van der Waals surface area contributed by atoms with Crippen LogP contribution in [0.15, 0.2) is 48.5 Å². The molecule has 24 heavy (non-hydrogen) atoms. The first-order valence-electron chi connectivity index (χ1n) is 7.68. The summed E-state index contributed by atoms with van der Waals surface area (Å²) < 4.78 is 21.5. The summed E-state index contributed by atoms with van der Waals surface area (Å²) in [6.45, 7) is 2.73. The molecule has 2 rings (SSSR count). The molecule has 0 amide bonds. The quantitative estimate of drug-likeness (QED) is 0.694. The highest BCUT2D eigenvalue weighted by atomic mass is 16.5. The number of hydrogen-bond acceptors (Lipinski definition) is 5. The Morgan fingerprint density at radius 2 is 1.79 bits per heavy atom. The second-order valence-electron chi connectivity index (χ2n) is 5.31. The van der Waals surface area contributed by atoms with Gasteiger partial charge in [-0.05, 0) is 30.7 Å². The van der Waals surface area contributed by atoms with Gasteiger partial charge in [0.15, 0.2) is 11.5 Å². The minimum absolute atomic E-state index is 0.179. The number of benzene rings is 2. The summed E-state index contributed by atoms with van der Waals surface area (Å²) in [6, 6.07) is 14.8. The molecule has 5 nitrogen and oxygen atoms in total. The van der Waals surface area contributed by atoms with Gasteiger partial charge in [-0.1, -0.05) is 30.3 Å². The Morgan fingerprint density at radius 1 is 1.04 bits per heavy atom. The number of ether oxygens (including phenoxy) is 4. The van der Waals surface area contributed by atoms with Gasteiger partial charge in [-0.3, -0.25) is 0 Å². The summed E-state index contributed by atoms with van der Waals surface area (Å²) in [5.74, 6) is 0.627. The van der Waals surface area contributed by atoms with Gasteiger partial charge in [0.25, 0.3) is 0 Å². The zero-order valence-electron chi connectivity index (χ0n) is 14.2. The van der Waals surface area contributed by atoms with E-state index in [9.17, 15) is 4.79 Å². The van der Waals surface area contributed by atoms with Crippen LogP contribution in [0.2, 0.25) is 0 Å². The monoisotopic (exact) mass is 330 g/mol. The number of esters is 1. The Bertz CT molecular complexity index is 654. The fourth-order valence-corrected chi connectivity index (χ4v) is 2.19. The van der Waals surface area contributed by atoms with Crippen LogP contribution in [0, 0.1) is 0 Å². The van der Waals surface area contributed by atoms with Gasteiger partial charge in [0.1, 0.15) is 12.7 Å². The van der Waals surface area contributed by atoms with Crippen LogP contribution < -0.4 is 9.47 Å². The van der Waals surface area contributed by atoms with Crippen molar-refractivity contribution in [2.45, 2.75) is 19.6 Å². The highest BCUT2D eigenvalue weighted by molar-refractivity contribution is 5.90. The van der Waals surface area contributed by atoms with Gasteiger partial charge in [-0.15, -0.1) is 0 Å².